The number of hydrogen-bond donors (Lipinski definition) is 3. The predicted octanol–water partition coefficient (Wildman–Crippen LogP) is 5.00. The minimum absolute atomic E-state index is 0.000755. The van der Waals surface area contributed by atoms with Crippen molar-refractivity contribution in [2.24, 2.45) is 0 Å². The summed E-state index contributed by atoms with van der Waals surface area (Å²) in [4.78, 5) is 26.6. The molecule has 1 heterocycles. The van der Waals surface area contributed by atoms with Crippen LogP contribution in [0.1, 0.15) is 56.1 Å². The maximum atomic E-state index is 13.8. The maximum Gasteiger partial charge on any atom is 0.237 e. The third-order valence-electron chi connectivity index (χ3n) is 7.77. The summed E-state index contributed by atoms with van der Waals surface area (Å²) in [6.45, 7) is 0.198. The molecule has 0 spiro atoms. The number of rotatable bonds is 7. The van der Waals surface area contributed by atoms with E-state index in [0.717, 1.165) is 48.9 Å². The summed E-state index contributed by atoms with van der Waals surface area (Å²) in [5.41, 5.74) is 1.29. The minimum atomic E-state index is -0.858. The lowest BCUT2D eigenvalue weighted by Gasteiger charge is -2.54. The van der Waals surface area contributed by atoms with E-state index in [-0.39, 0.29) is 24.4 Å². The maximum absolute atomic E-state index is 13.8. The van der Waals surface area contributed by atoms with Gasteiger partial charge in [0, 0.05) is 27.3 Å². The van der Waals surface area contributed by atoms with Gasteiger partial charge in [-0.15, -0.1) is 0 Å². The zero-order valence-corrected chi connectivity index (χ0v) is 20.1. The Morgan fingerprint density at radius 2 is 1.79 bits per heavy atom. The molecule has 2 aromatic carbocycles. The van der Waals surface area contributed by atoms with Gasteiger partial charge in [0.05, 0.1) is 12.0 Å². The van der Waals surface area contributed by atoms with Gasteiger partial charge in [-0.25, -0.2) is 0 Å². The second-order valence-corrected chi connectivity index (χ2v) is 10.6. The van der Waals surface area contributed by atoms with Gasteiger partial charge in [0.2, 0.25) is 11.8 Å². The fourth-order valence-corrected chi connectivity index (χ4v) is 6.38. The zero-order chi connectivity index (χ0) is 23.1. The Labute approximate surface area is 204 Å². The molecule has 1 atom stereocenters. The van der Waals surface area contributed by atoms with E-state index in [1.165, 1.54) is 12.8 Å². The molecule has 0 radical (unpaired) electrons. The van der Waals surface area contributed by atoms with Crippen LogP contribution in [0.5, 0.6) is 0 Å². The summed E-state index contributed by atoms with van der Waals surface area (Å²) in [5, 5.41) is 11.0. The highest BCUT2D eigenvalue weighted by Gasteiger charge is 2.63. The lowest BCUT2D eigenvalue weighted by Crippen LogP contribution is -2.69. The van der Waals surface area contributed by atoms with E-state index >= 15 is 0 Å². The van der Waals surface area contributed by atoms with Crippen molar-refractivity contribution in [3.8, 4) is 0 Å². The van der Waals surface area contributed by atoms with Gasteiger partial charge in [-0.2, -0.15) is 0 Å². The Balaban J connectivity index is 1.50. The van der Waals surface area contributed by atoms with Crippen LogP contribution >= 0.6 is 23.2 Å². The summed E-state index contributed by atoms with van der Waals surface area (Å²) in [7, 11) is 0. The van der Waals surface area contributed by atoms with Crippen molar-refractivity contribution < 1.29 is 9.59 Å². The van der Waals surface area contributed by atoms with Crippen LogP contribution in [-0.4, -0.2) is 29.9 Å². The molecule has 2 fully saturated rings. The van der Waals surface area contributed by atoms with Crippen molar-refractivity contribution in [1.82, 2.24) is 10.6 Å². The second kappa shape index (κ2) is 8.94. The van der Waals surface area contributed by atoms with Crippen LogP contribution < -0.4 is 16.0 Å². The quantitative estimate of drug-likeness (QED) is 0.516. The predicted molar refractivity (Wildman–Crippen MR) is 132 cm³/mol. The summed E-state index contributed by atoms with van der Waals surface area (Å²) >= 11 is 12.5. The smallest absolute Gasteiger partial charge is 0.237 e. The van der Waals surface area contributed by atoms with Crippen molar-refractivity contribution in [3.05, 3.63) is 63.6 Å². The third-order valence-corrected chi connectivity index (χ3v) is 8.24. The Morgan fingerprint density at radius 1 is 1.03 bits per heavy atom. The number of benzene rings is 2. The Bertz CT molecular complexity index is 1080. The van der Waals surface area contributed by atoms with E-state index in [1.54, 1.807) is 0 Å². The molecule has 3 aliphatic rings. The molecular weight excluding hydrogens is 457 g/mol. The summed E-state index contributed by atoms with van der Waals surface area (Å²) in [6.07, 6.45) is 7.57. The number of carbonyl (C=O) groups excluding carboxylic acids is 2. The lowest BCUT2D eigenvalue weighted by molar-refractivity contribution is -0.128. The van der Waals surface area contributed by atoms with E-state index in [9.17, 15) is 9.59 Å². The van der Waals surface area contributed by atoms with Crippen molar-refractivity contribution in [1.29, 1.82) is 0 Å². The van der Waals surface area contributed by atoms with Crippen molar-refractivity contribution in [2.75, 3.05) is 11.9 Å². The van der Waals surface area contributed by atoms with Gasteiger partial charge in [-0.1, -0.05) is 54.2 Å². The number of halogens is 2. The van der Waals surface area contributed by atoms with Gasteiger partial charge in [0.1, 0.15) is 0 Å². The molecule has 1 aliphatic heterocycles. The molecule has 0 aromatic heterocycles. The van der Waals surface area contributed by atoms with Crippen LogP contribution in [0.25, 0.3) is 0 Å². The van der Waals surface area contributed by atoms with Crippen LogP contribution in [-0.2, 0) is 21.4 Å². The van der Waals surface area contributed by atoms with E-state index < -0.39 is 11.0 Å². The van der Waals surface area contributed by atoms with Gasteiger partial charge in [0.15, 0.2) is 0 Å². The number of amides is 2. The van der Waals surface area contributed by atoms with Crippen molar-refractivity contribution in [3.63, 3.8) is 0 Å². The molecule has 1 unspecified atom stereocenters. The highest BCUT2D eigenvalue weighted by atomic mass is 35.5. The molecular formula is C26H29Cl2N3O2. The fraction of sp³-hybridized carbons (Fsp3) is 0.462. The van der Waals surface area contributed by atoms with Crippen molar-refractivity contribution in [2.45, 2.75) is 68.4 Å². The van der Waals surface area contributed by atoms with Gasteiger partial charge in [-0.05, 0) is 73.9 Å². The molecule has 0 saturated heterocycles. The highest BCUT2D eigenvalue weighted by molar-refractivity contribution is 6.31. The molecule has 0 bridgehead atoms. The SMILES string of the molecule is O=C(CNC1(C2(Cc3cccc(Cl)c3)C(=O)Nc3cc(Cl)ccc32)CCC1)NC1CCCC1. The van der Waals surface area contributed by atoms with Crippen molar-refractivity contribution >= 4 is 40.7 Å². The third kappa shape index (κ3) is 4.05. The number of nitrogens with one attached hydrogen (secondary N) is 3. The molecule has 3 N–H and O–H groups in total. The molecule has 174 valence electrons. The largest absolute Gasteiger partial charge is 0.352 e. The molecule has 2 saturated carbocycles. The first-order chi connectivity index (χ1) is 15.9. The molecule has 2 amide bonds. The Hall–Kier alpha value is -2.08. The zero-order valence-electron chi connectivity index (χ0n) is 18.6. The number of fused-ring (bicyclic) bond motifs is 1. The topological polar surface area (TPSA) is 70.2 Å². The number of anilines is 1. The molecule has 33 heavy (non-hydrogen) atoms. The molecule has 2 aliphatic carbocycles. The molecule has 5 nitrogen and oxygen atoms in total. The average Bonchev–Trinajstić information content (AvgIpc) is 3.34. The first-order valence-electron chi connectivity index (χ1n) is 11.8. The minimum Gasteiger partial charge on any atom is -0.352 e. The summed E-state index contributed by atoms with van der Waals surface area (Å²) < 4.78 is 0. The van der Waals surface area contributed by atoms with Crippen LogP contribution in [0.15, 0.2) is 42.5 Å². The second-order valence-electron chi connectivity index (χ2n) is 9.69. The normalized spacial score (nSPS) is 23.6. The van der Waals surface area contributed by atoms with E-state index in [2.05, 4.69) is 16.0 Å². The van der Waals surface area contributed by atoms with Gasteiger partial charge in [0.25, 0.3) is 0 Å². The fourth-order valence-electron chi connectivity index (χ4n) is 6.00. The number of hydrogen-bond acceptors (Lipinski definition) is 3. The van der Waals surface area contributed by atoms with Crippen LogP contribution in [0, 0.1) is 0 Å². The van der Waals surface area contributed by atoms with Gasteiger partial charge in [-0.3, -0.25) is 9.59 Å². The van der Waals surface area contributed by atoms with Crippen LogP contribution in [0.3, 0.4) is 0 Å². The van der Waals surface area contributed by atoms with Gasteiger partial charge >= 0.3 is 0 Å². The standard InChI is InChI=1S/C26H29Cl2N3O2/c27-18-6-3-5-17(13-18)15-26(21-10-9-19(28)14-22(21)31-24(26)33)25(11-4-12-25)29-16-23(32)30-20-7-1-2-8-20/h3,5-6,9-10,13-14,20,29H,1-2,4,7-8,11-12,15-16H2,(H,30,32)(H,31,33). The van der Waals surface area contributed by atoms with Gasteiger partial charge < -0.3 is 16.0 Å². The van der Waals surface area contributed by atoms with Crippen LogP contribution in [0.2, 0.25) is 10.0 Å². The summed E-state index contributed by atoms with van der Waals surface area (Å²) in [5.74, 6) is -0.0519. The lowest BCUT2D eigenvalue weighted by atomic mass is 9.54. The molecule has 5 rings (SSSR count). The summed E-state index contributed by atoms with van der Waals surface area (Å²) in [6, 6.07) is 13.6. The Kier molecular flexibility index (Phi) is 6.15. The van der Waals surface area contributed by atoms with E-state index in [1.807, 2.05) is 42.5 Å². The van der Waals surface area contributed by atoms with E-state index in [4.69, 9.17) is 23.2 Å². The number of carbonyl (C=O) groups is 2. The van der Waals surface area contributed by atoms with Crippen LogP contribution in [0.4, 0.5) is 5.69 Å². The monoisotopic (exact) mass is 485 g/mol. The molecule has 2 aromatic rings. The highest BCUT2D eigenvalue weighted by Crippen LogP contribution is 2.55. The average molecular weight is 486 g/mol. The first-order valence-corrected chi connectivity index (χ1v) is 12.6. The Morgan fingerprint density at radius 3 is 2.48 bits per heavy atom. The van der Waals surface area contributed by atoms with E-state index in [0.29, 0.717) is 16.5 Å². The molecule has 7 heteroatoms. The first kappa shape index (κ1) is 22.7.